The Hall–Kier alpha value is -1.52. The van der Waals surface area contributed by atoms with Crippen LogP contribution in [0.15, 0.2) is 53.0 Å². The molecule has 1 saturated heterocycles. The molecule has 2 aromatic rings. The molecule has 0 amide bonds. The third kappa shape index (κ3) is 5.26. The molecule has 0 bridgehead atoms. The largest absolute Gasteiger partial charge is 0.492 e. The number of halogens is 1. The highest BCUT2D eigenvalue weighted by Gasteiger charge is 2.10. The average molecular weight is 376 g/mol. The van der Waals surface area contributed by atoms with Gasteiger partial charge in [-0.2, -0.15) is 0 Å². The summed E-state index contributed by atoms with van der Waals surface area (Å²) in [5.74, 6) is 1.76. The maximum Gasteiger partial charge on any atom is 0.120 e. The van der Waals surface area contributed by atoms with Crippen LogP contribution >= 0.6 is 15.9 Å². The van der Waals surface area contributed by atoms with Crippen molar-refractivity contribution in [2.45, 2.75) is 19.4 Å². The minimum absolute atomic E-state index is 0.572. The minimum Gasteiger partial charge on any atom is -0.492 e. The van der Waals surface area contributed by atoms with Gasteiger partial charge in [-0.3, -0.25) is 4.90 Å². The van der Waals surface area contributed by atoms with E-state index in [1.54, 1.807) is 0 Å². The van der Waals surface area contributed by atoms with Crippen molar-refractivity contribution in [1.82, 2.24) is 4.90 Å². The van der Waals surface area contributed by atoms with Crippen LogP contribution in [0.25, 0.3) is 0 Å². The van der Waals surface area contributed by atoms with E-state index in [1.807, 2.05) is 36.4 Å². The highest BCUT2D eigenvalue weighted by molar-refractivity contribution is 9.10. The summed E-state index contributed by atoms with van der Waals surface area (Å²) >= 11 is 3.43. The Bertz CT molecular complexity index is 592. The summed E-state index contributed by atoms with van der Waals surface area (Å²) < 4.78 is 12.7. The van der Waals surface area contributed by atoms with Crippen LogP contribution in [0, 0.1) is 0 Å². The SMILES string of the molecule is Brc1ccc(COc2ccc(OCCN3CCCC3)cc2)cc1. The molecule has 1 heterocycles. The molecule has 0 unspecified atom stereocenters. The minimum atomic E-state index is 0.572. The van der Waals surface area contributed by atoms with Crippen molar-refractivity contribution in [2.75, 3.05) is 26.2 Å². The Labute approximate surface area is 146 Å². The lowest BCUT2D eigenvalue weighted by atomic mass is 10.2. The van der Waals surface area contributed by atoms with E-state index in [-0.39, 0.29) is 0 Å². The fraction of sp³-hybridized carbons (Fsp3) is 0.368. The molecule has 0 saturated carbocycles. The van der Waals surface area contributed by atoms with E-state index in [2.05, 4.69) is 33.0 Å². The molecule has 1 aliphatic rings. The summed E-state index contributed by atoms with van der Waals surface area (Å²) in [4.78, 5) is 2.45. The van der Waals surface area contributed by atoms with E-state index in [1.165, 1.54) is 25.9 Å². The molecule has 0 aliphatic carbocycles. The Morgan fingerprint density at radius 3 is 2.09 bits per heavy atom. The smallest absolute Gasteiger partial charge is 0.120 e. The van der Waals surface area contributed by atoms with Crippen LogP contribution in [-0.2, 0) is 6.61 Å². The monoisotopic (exact) mass is 375 g/mol. The fourth-order valence-corrected chi connectivity index (χ4v) is 2.94. The van der Waals surface area contributed by atoms with Gasteiger partial charge in [-0.1, -0.05) is 28.1 Å². The fourth-order valence-electron chi connectivity index (χ4n) is 2.68. The number of nitrogens with zero attached hydrogens (tertiary/aromatic N) is 1. The Balaban J connectivity index is 1.42. The van der Waals surface area contributed by atoms with Gasteiger partial charge < -0.3 is 9.47 Å². The predicted octanol–water partition coefficient (Wildman–Crippen LogP) is 4.50. The Kier molecular flexibility index (Phi) is 5.94. The summed E-state index contributed by atoms with van der Waals surface area (Å²) in [5.41, 5.74) is 1.15. The van der Waals surface area contributed by atoms with Crippen molar-refractivity contribution in [2.24, 2.45) is 0 Å². The third-order valence-electron chi connectivity index (χ3n) is 4.02. The molecule has 0 atom stereocenters. The molecule has 0 spiro atoms. The predicted molar refractivity (Wildman–Crippen MR) is 96.1 cm³/mol. The number of ether oxygens (including phenoxy) is 2. The molecule has 0 radical (unpaired) electrons. The highest BCUT2D eigenvalue weighted by Crippen LogP contribution is 2.19. The van der Waals surface area contributed by atoms with Gasteiger partial charge in [0.25, 0.3) is 0 Å². The first-order chi connectivity index (χ1) is 11.3. The van der Waals surface area contributed by atoms with E-state index in [0.29, 0.717) is 6.61 Å². The lowest BCUT2D eigenvalue weighted by Gasteiger charge is -2.15. The van der Waals surface area contributed by atoms with Gasteiger partial charge in [0.2, 0.25) is 0 Å². The molecule has 122 valence electrons. The van der Waals surface area contributed by atoms with Crippen molar-refractivity contribution in [3.63, 3.8) is 0 Å². The van der Waals surface area contributed by atoms with Crippen molar-refractivity contribution in [3.8, 4) is 11.5 Å². The van der Waals surface area contributed by atoms with E-state index in [9.17, 15) is 0 Å². The van der Waals surface area contributed by atoms with Crippen molar-refractivity contribution in [1.29, 1.82) is 0 Å². The summed E-state index contributed by atoms with van der Waals surface area (Å²) in [7, 11) is 0. The summed E-state index contributed by atoms with van der Waals surface area (Å²) in [6, 6.07) is 16.0. The lowest BCUT2D eigenvalue weighted by Crippen LogP contribution is -2.25. The number of benzene rings is 2. The van der Waals surface area contributed by atoms with Gasteiger partial charge in [-0.05, 0) is 67.9 Å². The van der Waals surface area contributed by atoms with Crippen LogP contribution in [0.1, 0.15) is 18.4 Å². The second kappa shape index (κ2) is 8.37. The molecule has 2 aromatic carbocycles. The van der Waals surface area contributed by atoms with Gasteiger partial charge in [0.15, 0.2) is 0 Å². The molecule has 4 heteroatoms. The quantitative estimate of drug-likeness (QED) is 0.710. The molecular formula is C19H22BrNO2. The zero-order valence-corrected chi connectivity index (χ0v) is 14.8. The van der Waals surface area contributed by atoms with E-state index < -0.39 is 0 Å². The van der Waals surface area contributed by atoms with Crippen molar-refractivity contribution >= 4 is 15.9 Å². The van der Waals surface area contributed by atoms with Gasteiger partial charge in [0, 0.05) is 11.0 Å². The average Bonchev–Trinajstić information content (AvgIpc) is 3.09. The molecule has 0 aromatic heterocycles. The summed E-state index contributed by atoms with van der Waals surface area (Å²) in [5, 5.41) is 0. The van der Waals surface area contributed by atoms with Crippen LogP contribution in [0.4, 0.5) is 0 Å². The van der Waals surface area contributed by atoms with Crippen LogP contribution < -0.4 is 9.47 Å². The molecule has 3 nitrogen and oxygen atoms in total. The van der Waals surface area contributed by atoms with E-state index >= 15 is 0 Å². The molecule has 0 N–H and O–H groups in total. The highest BCUT2D eigenvalue weighted by atomic mass is 79.9. The van der Waals surface area contributed by atoms with Gasteiger partial charge in [-0.25, -0.2) is 0 Å². The molecule has 23 heavy (non-hydrogen) atoms. The van der Waals surface area contributed by atoms with Gasteiger partial charge in [0.1, 0.15) is 24.7 Å². The van der Waals surface area contributed by atoms with Gasteiger partial charge in [0.05, 0.1) is 0 Å². The lowest BCUT2D eigenvalue weighted by molar-refractivity contribution is 0.237. The first-order valence-corrected chi connectivity index (χ1v) is 8.91. The second-order valence-corrected chi connectivity index (χ2v) is 6.70. The first-order valence-electron chi connectivity index (χ1n) is 8.12. The number of hydrogen-bond donors (Lipinski definition) is 0. The number of hydrogen-bond acceptors (Lipinski definition) is 3. The van der Waals surface area contributed by atoms with Crippen LogP contribution in [0.3, 0.4) is 0 Å². The molecule has 1 fully saturated rings. The van der Waals surface area contributed by atoms with Crippen molar-refractivity contribution < 1.29 is 9.47 Å². The summed E-state index contributed by atoms with van der Waals surface area (Å²) in [6.07, 6.45) is 2.65. The second-order valence-electron chi connectivity index (χ2n) is 5.78. The summed E-state index contributed by atoms with van der Waals surface area (Å²) in [6.45, 7) is 4.77. The van der Waals surface area contributed by atoms with Crippen LogP contribution in [0.5, 0.6) is 11.5 Å². The normalized spacial score (nSPS) is 14.8. The Morgan fingerprint density at radius 1 is 0.826 bits per heavy atom. The van der Waals surface area contributed by atoms with Crippen molar-refractivity contribution in [3.05, 3.63) is 58.6 Å². The standard InChI is InChI=1S/C19H22BrNO2/c20-17-5-3-16(4-6-17)15-23-19-9-7-18(8-10-19)22-14-13-21-11-1-2-12-21/h3-10H,1-2,11-15H2. The number of rotatable bonds is 7. The Morgan fingerprint density at radius 2 is 1.43 bits per heavy atom. The third-order valence-corrected chi connectivity index (χ3v) is 4.55. The number of likely N-dealkylation sites (tertiary alicyclic amines) is 1. The van der Waals surface area contributed by atoms with Crippen LogP contribution in [-0.4, -0.2) is 31.1 Å². The molecular weight excluding hydrogens is 354 g/mol. The zero-order chi connectivity index (χ0) is 15.9. The first kappa shape index (κ1) is 16.3. The maximum absolute atomic E-state index is 5.80. The van der Waals surface area contributed by atoms with E-state index in [4.69, 9.17) is 9.47 Å². The molecule has 3 rings (SSSR count). The zero-order valence-electron chi connectivity index (χ0n) is 13.2. The van der Waals surface area contributed by atoms with E-state index in [0.717, 1.165) is 34.7 Å². The topological polar surface area (TPSA) is 21.7 Å². The van der Waals surface area contributed by atoms with Gasteiger partial charge in [-0.15, -0.1) is 0 Å². The van der Waals surface area contributed by atoms with Crippen LogP contribution in [0.2, 0.25) is 0 Å². The van der Waals surface area contributed by atoms with Gasteiger partial charge >= 0.3 is 0 Å². The molecule has 1 aliphatic heterocycles. The maximum atomic E-state index is 5.80.